The fourth-order valence-electron chi connectivity index (χ4n) is 1.58. The highest BCUT2D eigenvalue weighted by atomic mass is 15.3. The van der Waals surface area contributed by atoms with Gasteiger partial charge in [-0.1, -0.05) is 27.2 Å². The molecule has 5 nitrogen and oxygen atoms in total. The maximum atomic E-state index is 5.44. The van der Waals surface area contributed by atoms with Crippen molar-refractivity contribution in [3.63, 3.8) is 0 Å². The van der Waals surface area contributed by atoms with Gasteiger partial charge in [-0.25, -0.2) is 15.8 Å². The predicted octanol–water partition coefficient (Wildman–Crippen LogP) is 2.10. The molecule has 1 aromatic rings. The first-order valence-electron chi connectivity index (χ1n) is 5.76. The van der Waals surface area contributed by atoms with E-state index in [1.165, 1.54) is 6.33 Å². The molecule has 0 atom stereocenters. The highest BCUT2D eigenvalue weighted by Gasteiger charge is 2.13. The van der Waals surface area contributed by atoms with Gasteiger partial charge in [0.25, 0.3) is 0 Å². The van der Waals surface area contributed by atoms with Gasteiger partial charge in [0.05, 0.1) is 0 Å². The van der Waals surface area contributed by atoms with Gasteiger partial charge in [0.15, 0.2) is 0 Å². The van der Waals surface area contributed by atoms with Gasteiger partial charge < -0.3 is 10.7 Å². The van der Waals surface area contributed by atoms with E-state index >= 15 is 0 Å². The van der Waals surface area contributed by atoms with Crippen LogP contribution in [0.15, 0.2) is 6.33 Å². The molecule has 0 aliphatic carbocycles. The monoisotopic (exact) mass is 223 g/mol. The SMILES string of the molecule is CCCCNc1ncnc(NN)c1C(C)C. The molecular formula is C11H21N5. The minimum atomic E-state index is 0.330. The van der Waals surface area contributed by atoms with E-state index < -0.39 is 0 Å². The first-order chi connectivity index (χ1) is 7.70. The van der Waals surface area contributed by atoms with Crippen LogP contribution in [0.4, 0.5) is 11.6 Å². The fourth-order valence-corrected chi connectivity index (χ4v) is 1.58. The fraction of sp³-hybridized carbons (Fsp3) is 0.636. The summed E-state index contributed by atoms with van der Waals surface area (Å²) in [6, 6.07) is 0. The Bertz CT molecular complexity index is 324. The van der Waals surface area contributed by atoms with Crippen LogP contribution < -0.4 is 16.6 Å². The first-order valence-corrected chi connectivity index (χ1v) is 5.76. The Labute approximate surface area is 96.8 Å². The van der Waals surface area contributed by atoms with E-state index in [1.54, 1.807) is 0 Å². The number of nitrogens with two attached hydrogens (primary N) is 1. The molecule has 1 heterocycles. The van der Waals surface area contributed by atoms with E-state index in [4.69, 9.17) is 5.84 Å². The molecule has 5 heteroatoms. The van der Waals surface area contributed by atoms with Crippen molar-refractivity contribution >= 4 is 11.6 Å². The van der Waals surface area contributed by atoms with Gasteiger partial charge in [-0.05, 0) is 12.3 Å². The first kappa shape index (κ1) is 12.7. The van der Waals surface area contributed by atoms with Crippen molar-refractivity contribution in [3.05, 3.63) is 11.9 Å². The number of nitrogens with one attached hydrogen (secondary N) is 2. The standard InChI is InChI=1S/C11H21N5/c1-4-5-6-13-10-9(8(2)3)11(16-12)15-7-14-10/h7-8H,4-6,12H2,1-3H3,(H2,13,14,15,16). The number of hydrogen-bond donors (Lipinski definition) is 3. The minimum absolute atomic E-state index is 0.330. The summed E-state index contributed by atoms with van der Waals surface area (Å²) in [4.78, 5) is 8.38. The molecule has 0 aliphatic rings. The Hall–Kier alpha value is -1.36. The molecule has 0 saturated carbocycles. The molecule has 16 heavy (non-hydrogen) atoms. The van der Waals surface area contributed by atoms with E-state index in [0.29, 0.717) is 11.7 Å². The average molecular weight is 223 g/mol. The zero-order valence-electron chi connectivity index (χ0n) is 10.2. The molecule has 0 spiro atoms. The topological polar surface area (TPSA) is 75.9 Å². The van der Waals surface area contributed by atoms with Crippen LogP contribution in [-0.2, 0) is 0 Å². The lowest BCUT2D eigenvalue weighted by molar-refractivity contribution is 0.812. The lowest BCUT2D eigenvalue weighted by Crippen LogP contribution is -2.15. The van der Waals surface area contributed by atoms with Gasteiger partial charge >= 0.3 is 0 Å². The molecule has 1 rings (SSSR count). The highest BCUT2D eigenvalue weighted by molar-refractivity contribution is 5.58. The molecule has 0 fully saturated rings. The van der Waals surface area contributed by atoms with Crippen LogP contribution >= 0.6 is 0 Å². The van der Waals surface area contributed by atoms with Crippen molar-refractivity contribution in [2.24, 2.45) is 5.84 Å². The van der Waals surface area contributed by atoms with E-state index in [9.17, 15) is 0 Å². The molecule has 0 saturated heterocycles. The van der Waals surface area contributed by atoms with E-state index in [0.717, 1.165) is 30.8 Å². The number of rotatable bonds is 6. The smallest absolute Gasteiger partial charge is 0.148 e. The van der Waals surface area contributed by atoms with E-state index in [2.05, 4.69) is 41.5 Å². The molecule has 0 bridgehead atoms. The average Bonchev–Trinajstić information content (AvgIpc) is 2.28. The van der Waals surface area contributed by atoms with E-state index in [-0.39, 0.29) is 0 Å². The molecule has 4 N–H and O–H groups in total. The lowest BCUT2D eigenvalue weighted by Gasteiger charge is -2.16. The number of hydrogen-bond acceptors (Lipinski definition) is 5. The van der Waals surface area contributed by atoms with Gasteiger partial charge in [0.1, 0.15) is 18.0 Å². The lowest BCUT2D eigenvalue weighted by atomic mass is 10.0. The van der Waals surface area contributed by atoms with Crippen molar-refractivity contribution < 1.29 is 0 Å². The second-order valence-corrected chi connectivity index (χ2v) is 4.06. The van der Waals surface area contributed by atoms with Crippen molar-refractivity contribution in [2.75, 3.05) is 17.3 Å². The Kier molecular flexibility index (Phi) is 4.98. The molecule has 0 aromatic carbocycles. The number of unbranched alkanes of at least 4 members (excludes halogenated alkanes) is 1. The normalized spacial score (nSPS) is 10.6. The molecule has 0 radical (unpaired) electrons. The van der Waals surface area contributed by atoms with Crippen LogP contribution in [0.25, 0.3) is 0 Å². The molecule has 1 aromatic heterocycles. The molecule has 0 unspecified atom stereocenters. The number of hydrazine groups is 1. The summed E-state index contributed by atoms with van der Waals surface area (Å²) in [5.74, 6) is 7.35. The Morgan fingerprint density at radius 2 is 2.00 bits per heavy atom. The minimum Gasteiger partial charge on any atom is -0.370 e. The van der Waals surface area contributed by atoms with Crippen LogP contribution in [-0.4, -0.2) is 16.5 Å². The van der Waals surface area contributed by atoms with Gasteiger partial charge in [-0.15, -0.1) is 0 Å². The van der Waals surface area contributed by atoms with Crippen LogP contribution in [0.5, 0.6) is 0 Å². The van der Waals surface area contributed by atoms with Gasteiger partial charge in [0.2, 0.25) is 0 Å². The number of nitrogen functional groups attached to an aromatic ring is 1. The van der Waals surface area contributed by atoms with Gasteiger partial charge in [0, 0.05) is 12.1 Å². The summed E-state index contributed by atoms with van der Waals surface area (Å²) >= 11 is 0. The maximum absolute atomic E-state index is 5.44. The predicted molar refractivity (Wildman–Crippen MR) is 67.3 cm³/mol. The quantitative estimate of drug-likeness (QED) is 0.391. The van der Waals surface area contributed by atoms with Gasteiger partial charge in [-0.3, -0.25) is 0 Å². The Morgan fingerprint density at radius 1 is 1.31 bits per heavy atom. The Balaban J connectivity index is 2.89. The second-order valence-electron chi connectivity index (χ2n) is 4.06. The largest absolute Gasteiger partial charge is 0.370 e. The zero-order valence-corrected chi connectivity index (χ0v) is 10.2. The van der Waals surface area contributed by atoms with Crippen LogP contribution in [0.1, 0.15) is 45.1 Å². The number of aromatic nitrogens is 2. The summed E-state index contributed by atoms with van der Waals surface area (Å²) in [6.07, 6.45) is 3.82. The molecule has 0 aliphatic heterocycles. The summed E-state index contributed by atoms with van der Waals surface area (Å²) in [5.41, 5.74) is 3.66. The number of nitrogens with zero attached hydrogens (tertiary/aromatic N) is 2. The second kappa shape index (κ2) is 6.27. The third kappa shape index (κ3) is 3.06. The molecule has 90 valence electrons. The zero-order chi connectivity index (χ0) is 12.0. The van der Waals surface area contributed by atoms with E-state index in [1.807, 2.05) is 0 Å². The summed E-state index contributed by atoms with van der Waals surface area (Å²) in [5, 5.41) is 3.32. The summed E-state index contributed by atoms with van der Waals surface area (Å²) in [6.45, 7) is 7.30. The van der Waals surface area contributed by atoms with Crippen LogP contribution in [0, 0.1) is 0 Å². The van der Waals surface area contributed by atoms with Crippen LogP contribution in [0.2, 0.25) is 0 Å². The Morgan fingerprint density at radius 3 is 2.56 bits per heavy atom. The molecular weight excluding hydrogens is 202 g/mol. The third-order valence-corrected chi connectivity index (χ3v) is 2.42. The van der Waals surface area contributed by atoms with Crippen molar-refractivity contribution in [1.29, 1.82) is 0 Å². The maximum Gasteiger partial charge on any atom is 0.148 e. The van der Waals surface area contributed by atoms with Crippen LogP contribution in [0.3, 0.4) is 0 Å². The van der Waals surface area contributed by atoms with Crippen molar-refractivity contribution in [1.82, 2.24) is 9.97 Å². The van der Waals surface area contributed by atoms with Crippen molar-refractivity contribution in [2.45, 2.75) is 39.5 Å². The third-order valence-electron chi connectivity index (χ3n) is 2.42. The molecule has 0 amide bonds. The summed E-state index contributed by atoms with van der Waals surface area (Å²) < 4.78 is 0. The summed E-state index contributed by atoms with van der Waals surface area (Å²) in [7, 11) is 0. The number of anilines is 2. The van der Waals surface area contributed by atoms with Crippen molar-refractivity contribution in [3.8, 4) is 0 Å². The highest BCUT2D eigenvalue weighted by Crippen LogP contribution is 2.27. The van der Waals surface area contributed by atoms with Gasteiger partial charge in [-0.2, -0.15) is 0 Å².